The highest BCUT2D eigenvalue weighted by molar-refractivity contribution is 5.79. The summed E-state index contributed by atoms with van der Waals surface area (Å²) in [5.41, 5.74) is 5.08. The van der Waals surface area contributed by atoms with Crippen molar-refractivity contribution in [2.75, 3.05) is 0 Å². The molecule has 3 nitrogen and oxygen atoms in total. The molecule has 21 heavy (non-hydrogen) atoms. The van der Waals surface area contributed by atoms with E-state index in [0.29, 0.717) is 18.6 Å². The van der Waals surface area contributed by atoms with Crippen LogP contribution in [-0.4, -0.2) is 11.7 Å². The maximum Gasteiger partial charge on any atom is 0.217 e. The van der Waals surface area contributed by atoms with Gasteiger partial charge in [0, 0.05) is 19.3 Å². The zero-order valence-electron chi connectivity index (χ0n) is 13.7. The smallest absolute Gasteiger partial charge is 0.217 e. The number of ketones is 1. The molecule has 0 saturated carbocycles. The summed E-state index contributed by atoms with van der Waals surface area (Å²) in [6, 6.07) is 0. The largest absolute Gasteiger partial charge is 0.370 e. The fourth-order valence-corrected chi connectivity index (χ4v) is 2.28. The van der Waals surface area contributed by atoms with Gasteiger partial charge in [-0.05, 0) is 25.7 Å². The Labute approximate surface area is 130 Å². The van der Waals surface area contributed by atoms with E-state index < -0.39 is 0 Å². The van der Waals surface area contributed by atoms with Gasteiger partial charge in [-0.1, -0.05) is 57.6 Å². The van der Waals surface area contributed by atoms with E-state index in [0.717, 1.165) is 44.9 Å². The number of carbonyl (C=O) groups excluding carboxylic acids is 2. The first-order chi connectivity index (χ1) is 10.2. The Bertz CT molecular complexity index is 298. The normalized spacial score (nSPS) is 11.1. The topological polar surface area (TPSA) is 60.2 Å². The van der Waals surface area contributed by atoms with Gasteiger partial charge in [-0.15, -0.1) is 0 Å². The summed E-state index contributed by atoms with van der Waals surface area (Å²) >= 11 is 0. The molecular formula is C18H33NO2. The first-order valence-corrected chi connectivity index (χ1v) is 8.61. The molecule has 0 aliphatic carbocycles. The molecule has 0 spiro atoms. The second-order valence-corrected chi connectivity index (χ2v) is 5.80. The molecule has 3 heteroatoms. The Morgan fingerprint density at radius 1 is 0.810 bits per heavy atom. The van der Waals surface area contributed by atoms with Crippen molar-refractivity contribution < 1.29 is 9.59 Å². The highest BCUT2D eigenvalue weighted by Gasteiger charge is 1.98. The van der Waals surface area contributed by atoms with Crippen LogP contribution in [0.25, 0.3) is 0 Å². The van der Waals surface area contributed by atoms with Crippen molar-refractivity contribution in [3.63, 3.8) is 0 Å². The lowest BCUT2D eigenvalue weighted by Crippen LogP contribution is -2.09. The van der Waals surface area contributed by atoms with Crippen molar-refractivity contribution in [1.82, 2.24) is 0 Å². The first kappa shape index (κ1) is 19.9. The van der Waals surface area contributed by atoms with E-state index in [4.69, 9.17) is 5.73 Å². The summed E-state index contributed by atoms with van der Waals surface area (Å²) in [7, 11) is 0. The number of carbonyl (C=O) groups is 2. The molecule has 0 heterocycles. The van der Waals surface area contributed by atoms with Gasteiger partial charge in [0.15, 0.2) is 0 Å². The Hall–Kier alpha value is -1.12. The number of hydrogen-bond donors (Lipinski definition) is 1. The van der Waals surface area contributed by atoms with Gasteiger partial charge in [0.2, 0.25) is 5.91 Å². The molecule has 1 amide bonds. The van der Waals surface area contributed by atoms with E-state index in [1.54, 1.807) is 0 Å². The average molecular weight is 295 g/mol. The molecule has 0 fully saturated rings. The summed E-state index contributed by atoms with van der Waals surface area (Å²) in [5, 5.41) is 0. The monoisotopic (exact) mass is 295 g/mol. The van der Waals surface area contributed by atoms with Gasteiger partial charge in [-0.25, -0.2) is 0 Å². The first-order valence-electron chi connectivity index (χ1n) is 8.61. The lowest BCUT2D eigenvalue weighted by molar-refractivity contribution is -0.119. The highest BCUT2D eigenvalue weighted by Crippen LogP contribution is 2.08. The second-order valence-electron chi connectivity index (χ2n) is 5.80. The number of Topliss-reactive ketones (excluding diaryl/α,β-unsaturated/α-hetero) is 1. The lowest BCUT2D eigenvalue weighted by Gasteiger charge is -1.99. The van der Waals surface area contributed by atoms with E-state index in [1.807, 2.05) is 6.08 Å². The molecular weight excluding hydrogens is 262 g/mol. The van der Waals surface area contributed by atoms with Gasteiger partial charge in [0.05, 0.1) is 0 Å². The third kappa shape index (κ3) is 16.8. The minimum atomic E-state index is -0.197. The molecule has 0 rings (SSSR count). The van der Waals surface area contributed by atoms with Crippen molar-refractivity contribution in [3.05, 3.63) is 12.2 Å². The predicted octanol–water partition coefficient (Wildman–Crippen LogP) is 4.69. The van der Waals surface area contributed by atoms with E-state index in [2.05, 4.69) is 13.0 Å². The van der Waals surface area contributed by atoms with Crippen LogP contribution in [0.5, 0.6) is 0 Å². The summed E-state index contributed by atoms with van der Waals surface area (Å²) in [5.74, 6) is 0.172. The number of unbranched alkanes of at least 4 members (excludes halogenated alkanes) is 8. The number of allylic oxidation sites excluding steroid dienone is 2. The average Bonchev–Trinajstić information content (AvgIpc) is 2.45. The Morgan fingerprint density at radius 2 is 1.43 bits per heavy atom. The van der Waals surface area contributed by atoms with Crippen LogP contribution in [0.15, 0.2) is 12.2 Å². The van der Waals surface area contributed by atoms with E-state index in [-0.39, 0.29) is 5.91 Å². The van der Waals surface area contributed by atoms with Crippen molar-refractivity contribution in [1.29, 1.82) is 0 Å². The van der Waals surface area contributed by atoms with Crippen molar-refractivity contribution >= 4 is 11.7 Å². The highest BCUT2D eigenvalue weighted by atomic mass is 16.1. The molecule has 0 unspecified atom stereocenters. The van der Waals surface area contributed by atoms with Crippen LogP contribution >= 0.6 is 0 Å². The van der Waals surface area contributed by atoms with Crippen LogP contribution in [0, 0.1) is 0 Å². The molecule has 0 aliphatic rings. The number of hydrogen-bond acceptors (Lipinski definition) is 2. The van der Waals surface area contributed by atoms with E-state index in [9.17, 15) is 9.59 Å². The van der Waals surface area contributed by atoms with Gasteiger partial charge in [0.25, 0.3) is 0 Å². The van der Waals surface area contributed by atoms with E-state index in [1.165, 1.54) is 25.7 Å². The Kier molecular flexibility index (Phi) is 14.5. The van der Waals surface area contributed by atoms with Crippen LogP contribution in [-0.2, 0) is 9.59 Å². The molecule has 2 N–H and O–H groups in total. The molecule has 122 valence electrons. The number of rotatable bonds is 15. The summed E-state index contributed by atoms with van der Waals surface area (Å²) in [4.78, 5) is 22.1. The fourth-order valence-electron chi connectivity index (χ4n) is 2.28. The lowest BCUT2D eigenvalue weighted by atomic mass is 10.1. The third-order valence-corrected chi connectivity index (χ3v) is 3.62. The third-order valence-electron chi connectivity index (χ3n) is 3.62. The van der Waals surface area contributed by atoms with Crippen molar-refractivity contribution in [3.8, 4) is 0 Å². The Balaban J connectivity index is 3.28. The molecule has 0 aromatic carbocycles. The number of nitrogens with two attached hydrogens (primary N) is 1. The van der Waals surface area contributed by atoms with Crippen LogP contribution in [0.1, 0.15) is 90.4 Å². The van der Waals surface area contributed by atoms with Crippen LogP contribution in [0.2, 0.25) is 0 Å². The standard InChI is InChI=1S/C18H33NO2/c1-2-3-4-11-14-17(20)15-12-9-7-5-6-8-10-13-16-18(19)21/h9,12H,2-8,10-11,13-16H2,1H3,(H2,19,21)/b12-9-. The summed E-state index contributed by atoms with van der Waals surface area (Å²) < 4.78 is 0. The number of amides is 1. The van der Waals surface area contributed by atoms with Gasteiger partial charge < -0.3 is 5.73 Å². The molecule has 0 aromatic rings. The van der Waals surface area contributed by atoms with E-state index >= 15 is 0 Å². The molecule has 0 aliphatic heterocycles. The maximum atomic E-state index is 11.6. The van der Waals surface area contributed by atoms with Crippen LogP contribution in [0.4, 0.5) is 0 Å². The molecule has 0 saturated heterocycles. The Morgan fingerprint density at radius 3 is 2.14 bits per heavy atom. The molecule has 0 radical (unpaired) electrons. The van der Waals surface area contributed by atoms with Crippen molar-refractivity contribution in [2.45, 2.75) is 90.4 Å². The minimum absolute atomic E-state index is 0.197. The van der Waals surface area contributed by atoms with Gasteiger partial charge >= 0.3 is 0 Å². The van der Waals surface area contributed by atoms with Gasteiger partial charge in [0.1, 0.15) is 5.78 Å². The quantitative estimate of drug-likeness (QED) is 0.352. The summed E-state index contributed by atoms with van der Waals surface area (Å²) in [6.45, 7) is 2.18. The summed E-state index contributed by atoms with van der Waals surface area (Å²) in [6.07, 6.45) is 17.3. The number of primary amides is 1. The molecule has 0 aromatic heterocycles. The SMILES string of the molecule is CCCCCCC(=O)C/C=C\CCCCCCCC(N)=O. The maximum absolute atomic E-state index is 11.6. The van der Waals surface area contributed by atoms with Crippen molar-refractivity contribution in [2.24, 2.45) is 5.73 Å². The zero-order valence-corrected chi connectivity index (χ0v) is 13.7. The predicted molar refractivity (Wildman–Crippen MR) is 89.0 cm³/mol. The van der Waals surface area contributed by atoms with Crippen LogP contribution in [0.3, 0.4) is 0 Å². The van der Waals surface area contributed by atoms with Gasteiger partial charge in [-0.3, -0.25) is 9.59 Å². The minimum Gasteiger partial charge on any atom is -0.370 e. The molecule has 0 atom stereocenters. The second kappa shape index (κ2) is 15.3. The fraction of sp³-hybridized carbons (Fsp3) is 0.778. The zero-order chi connectivity index (χ0) is 15.8. The van der Waals surface area contributed by atoms with Crippen LogP contribution < -0.4 is 5.73 Å². The van der Waals surface area contributed by atoms with Gasteiger partial charge in [-0.2, -0.15) is 0 Å². The molecule has 0 bridgehead atoms.